The number of nitrogens with one attached hydrogen (secondary N) is 1. The molecule has 0 spiro atoms. The van der Waals surface area contributed by atoms with E-state index in [1.54, 1.807) is 7.05 Å². The number of nitro groups is 1. The van der Waals surface area contributed by atoms with Crippen LogP contribution in [0.3, 0.4) is 0 Å². The number of hydrogen-bond donors (Lipinski definition) is 1. The Labute approximate surface area is 127 Å². The molecule has 0 atom stereocenters. The van der Waals surface area contributed by atoms with E-state index in [0.717, 1.165) is 11.1 Å². The lowest BCUT2D eigenvalue weighted by atomic mass is 10.3. The Morgan fingerprint density at radius 3 is 2.80 bits per heavy atom. The molecular formula is C10H8Cl2N4O3S. The van der Waals surface area contributed by atoms with Gasteiger partial charge in [-0.25, -0.2) is 0 Å². The van der Waals surface area contributed by atoms with Gasteiger partial charge in [0.2, 0.25) is 0 Å². The van der Waals surface area contributed by atoms with Gasteiger partial charge < -0.3 is 10.1 Å². The highest BCUT2D eigenvalue weighted by molar-refractivity contribution is 7.10. The van der Waals surface area contributed by atoms with Crippen molar-refractivity contribution in [2.24, 2.45) is 0 Å². The molecule has 2 aromatic rings. The normalized spacial score (nSPS) is 10.3. The molecule has 1 aromatic carbocycles. The maximum Gasteiger partial charge on any atom is 0.312 e. The van der Waals surface area contributed by atoms with E-state index >= 15 is 0 Å². The number of nitrogens with zero attached hydrogens (tertiary/aromatic N) is 3. The molecule has 0 amide bonds. The van der Waals surface area contributed by atoms with Crippen molar-refractivity contribution in [3.8, 4) is 5.75 Å². The second-order valence-corrected chi connectivity index (χ2v) is 5.15. The van der Waals surface area contributed by atoms with Gasteiger partial charge in [0.1, 0.15) is 17.3 Å². The van der Waals surface area contributed by atoms with E-state index in [-0.39, 0.29) is 28.1 Å². The first-order chi connectivity index (χ1) is 9.52. The van der Waals surface area contributed by atoms with Crippen molar-refractivity contribution in [1.82, 2.24) is 9.59 Å². The number of halogens is 2. The molecule has 0 aliphatic carbocycles. The summed E-state index contributed by atoms with van der Waals surface area (Å²) in [5.41, 5.74) is 0.298. The van der Waals surface area contributed by atoms with Crippen molar-refractivity contribution in [1.29, 1.82) is 0 Å². The molecule has 0 bridgehead atoms. The van der Waals surface area contributed by atoms with Crippen molar-refractivity contribution in [3.05, 3.63) is 38.0 Å². The Balaban J connectivity index is 2.25. The number of ether oxygens (including phenoxy) is 1. The summed E-state index contributed by atoms with van der Waals surface area (Å²) >= 11 is 12.8. The molecule has 1 aromatic heterocycles. The van der Waals surface area contributed by atoms with Crippen molar-refractivity contribution in [2.75, 3.05) is 12.4 Å². The SMILES string of the molecule is CNc1snnc1COc1cc(Cl)c(Cl)cc1[N+](=O)[O-]. The Kier molecular flexibility index (Phi) is 4.58. The summed E-state index contributed by atoms with van der Waals surface area (Å²) in [6.45, 7) is 0.0332. The largest absolute Gasteiger partial charge is 0.480 e. The van der Waals surface area contributed by atoms with Gasteiger partial charge in [0.05, 0.1) is 15.0 Å². The molecule has 1 N–H and O–H groups in total. The van der Waals surface area contributed by atoms with Crippen LogP contribution in [0.2, 0.25) is 10.0 Å². The molecule has 20 heavy (non-hydrogen) atoms. The predicted octanol–water partition coefficient (Wildman–Crippen LogP) is 3.37. The second-order valence-electron chi connectivity index (χ2n) is 3.58. The molecule has 1 heterocycles. The maximum atomic E-state index is 11.0. The van der Waals surface area contributed by atoms with E-state index in [1.807, 2.05) is 0 Å². The fourth-order valence-corrected chi connectivity index (χ4v) is 2.24. The van der Waals surface area contributed by atoms with Crippen LogP contribution in [0.25, 0.3) is 0 Å². The summed E-state index contributed by atoms with van der Waals surface area (Å²) < 4.78 is 9.16. The second kappa shape index (κ2) is 6.21. The van der Waals surface area contributed by atoms with E-state index in [1.165, 1.54) is 17.6 Å². The molecule has 0 radical (unpaired) electrons. The minimum atomic E-state index is -0.587. The fraction of sp³-hybridized carbons (Fsp3) is 0.200. The van der Waals surface area contributed by atoms with Crippen molar-refractivity contribution >= 4 is 45.4 Å². The number of rotatable bonds is 5. The first-order valence-corrected chi connectivity index (χ1v) is 6.81. The van der Waals surface area contributed by atoms with Gasteiger partial charge in [0, 0.05) is 30.7 Å². The molecule has 0 saturated carbocycles. The predicted molar refractivity (Wildman–Crippen MR) is 76.9 cm³/mol. The Bertz CT molecular complexity index is 649. The van der Waals surface area contributed by atoms with Crippen LogP contribution >= 0.6 is 34.7 Å². The monoisotopic (exact) mass is 334 g/mol. The summed E-state index contributed by atoms with van der Waals surface area (Å²) in [6, 6.07) is 2.46. The molecule has 0 saturated heterocycles. The molecule has 0 aliphatic heterocycles. The molecule has 106 valence electrons. The fourth-order valence-electron chi connectivity index (χ4n) is 1.42. The Morgan fingerprint density at radius 2 is 2.15 bits per heavy atom. The Hall–Kier alpha value is -1.64. The lowest BCUT2D eigenvalue weighted by Crippen LogP contribution is -2.02. The van der Waals surface area contributed by atoms with Crippen LogP contribution in [0.4, 0.5) is 10.7 Å². The minimum absolute atomic E-state index is 0.0273. The number of benzene rings is 1. The van der Waals surface area contributed by atoms with Gasteiger partial charge in [-0.3, -0.25) is 10.1 Å². The van der Waals surface area contributed by atoms with Gasteiger partial charge in [0.15, 0.2) is 5.75 Å². The third-order valence-electron chi connectivity index (χ3n) is 2.35. The molecule has 0 aliphatic rings. The summed E-state index contributed by atoms with van der Waals surface area (Å²) in [5.74, 6) is 0.0273. The lowest BCUT2D eigenvalue weighted by molar-refractivity contribution is -0.385. The molecular weight excluding hydrogens is 327 g/mol. The average Bonchev–Trinajstić information content (AvgIpc) is 2.86. The smallest absolute Gasteiger partial charge is 0.312 e. The van der Waals surface area contributed by atoms with Crippen LogP contribution < -0.4 is 10.1 Å². The highest BCUT2D eigenvalue weighted by Gasteiger charge is 2.19. The standard InChI is InChI=1S/C10H8Cl2N4O3S/c1-13-10-7(14-15-20-10)4-19-9-3-6(12)5(11)2-8(9)16(17)18/h2-3,13H,4H2,1H3. The minimum Gasteiger partial charge on any atom is -0.480 e. The summed E-state index contributed by atoms with van der Waals surface area (Å²) in [4.78, 5) is 10.4. The zero-order valence-corrected chi connectivity index (χ0v) is 12.4. The quantitative estimate of drug-likeness (QED) is 0.665. The van der Waals surface area contributed by atoms with Crippen LogP contribution in [0.5, 0.6) is 5.75 Å². The number of anilines is 1. The van der Waals surface area contributed by atoms with Gasteiger partial charge >= 0.3 is 5.69 Å². The van der Waals surface area contributed by atoms with Gasteiger partial charge in [-0.1, -0.05) is 27.7 Å². The lowest BCUT2D eigenvalue weighted by Gasteiger charge is -2.07. The van der Waals surface area contributed by atoms with Gasteiger partial charge in [-0.05, 0) is 0 Å². The van der Waals surface area contributed by atoms with Crippen molar-refractivity contribution < 1.29 is 9.66 Å². The van der Waals surface area contributed by atoms with E-state index in [4.69, 9.17) is 27.9 Å². The molecule has 0 fully saturated rings. The highest BCUT2D eigenvalue weighted by atomic mass is 35.5. The van der Waals surface area contributed by atoms with Crippen molar-refractivity contribution in [2.45, 2.75) is 6.61 Å². The topological polar surface area (TPSA) is 90.2 Å². The van der Waals surface area contributed by atoms with E-state index in [0.29, 0.717) is 5.69 Å². The number of aromatic nitrogens is 2. The third-order valence-corrected chi connectivity index (χ3v) is 3.85. The highest BCUT2D eigenvalue weighted by Crippen LogP contribution is 2.36. The third kappa shape index (κ3) is 3.09. The molecule has 7 nitrogen and oxygen atoms in total. The van der Waals surface area contributed by atoms with Crippen molar-refractivity contribution in [3.63, 3.8) is 0 Å². The van der Waals surface area contributed by atoms with Crippen LogP contribution in [0.1, 0.15) is 5.69 Å². The average molecular weight is 335 g/mol. The molecule has 10 heteroatoms. The van der Waals surface area contributed by atoms with Crippen LogP contribution in [0.15, 0.2) is 12.1 Å². The number of nitro benzene ring substituents is 1. The summed E-state index contributed by atoms with van der Waals surface area (Å²) in [5, 5.41) is 18.7. The first-order valence-electron chi connectivity index (χ1n) is 5.28. The summed E-state index contributed by atoms with van der Waals surface area (Å²) in [6.07, 6.45) is 0. The maximum absolute atomic E-state index is 11.0. The Morgan fingerprint density at radius 1 is 1.45 bits per heavy atom. The van der Waals surface area contributed by atoms with E-state index in [9.17, 15) is 10.1 Å². The molecule has 2 rings (SSSR count). The van der Waals surface area contributed by atoms with Crippen LogP contribution in [0, 0.1) is 10.1 Å². The van der Waals surface area contributed by atoms with Crippen LogP contribution in [-0.2, 0) is 6.61 Å². The summed E-state index contributed by atoms with van der Waals surface area (Å²) in [7, 11) is 1.72. The van der Waals surface area contributed by atoms with Gasteiger partial charge in [-0.2, -0.15) is 0 Å². The van der Waals surface area contributed by atoms with Crippen LogP contribution in [-0.4, -0.2) is 21.6 Å². The van der Waals surface area contributed by atoms with Gasteiger partial charge in [-0.15, -0.1) is 5.10 Å². The first kappa shape index (κ1) is 14.8. The van der Waals surface area contributed by atoms with E-state index < -0.39 is 4.92 Å². The molecule has 0 unspecified atom stereocenters. The number of hydrogen-bond acceptors (Lipinski definition) is 7. The van der Waals surface area contributed by atoms with Gasteiger partial charge in [0.25, 0.3) is 0 Å². The zero-order valence-electron chi connectivity index (χ0n) is 10.1. The zero-order chi connectivity index (χ0) is 14.7. The van der Waals surface area contributed by atoms with E-state index in [2.05, 4.69) is 14.9 Å².